The Labute approximate surface area is 203 Å². The van der Waals surface area contributed by atoms with Gasteiger partial charge in [0.15, 0.2) is 5.82 Å². The van der Waals surface area contributed by atoms with Gasteiger partial charge in [0, 0.05) is 52.5 Å². The maximum Gasteiger partial charge on any atom is 0.173 e. The minimum Gasteiger partial charge on any atom is -0.378 e. The number of aromatic nitrogens is 4. The van der Waals surface area contributed by atoms with Crippen LogP contribution in [0.2, 0.25) is 0 Å². The first-order valence-electron chi connectivity index (χ1n) is 12.7. The van der Waals surface area contributed by atoms with Gasteiger partial charge in [0.2, 0.25) is 0 Å². The largest absolute Gasteiger partial charge is 0.378 e. The first-order chi connectivity index (χ1) is 16.7. The van der Waals surface area contributed by atoms with Gasteiger partial charge in [0.1, 0.15) is 0 Å². The topological polar surface area (TPSA) is 53.3 Å². The van der Waals surface area contributed by atoms with Gasteiger partial charge in [0.25, 0.3) is 0 Å². The summed E-state index contributed by atoms with van der Waals surface area (Å²) in [5.74, 6) is 1.00. The van der Waals surface area contributed by atoms with Crippen molar-refractivity contribution in [2.75, 3.05) is 45.2 Å². The maximum atomic E-state index is 4.62. The van der Waals surface area contributed by atoms with E-state index < -0.39 is 0 Å². The third-order valence-corrected chi connectivity index (χ3v) is 7.43. The Hall–Kier alpha value is -2.77. The molecule has 1 aliphatic heterocycles. The summed E-state index contributed by atoms with van der Waals surface area (Å²) in [5, 5.41) is 13.3. The van der Waals surface area contributed by atoms with Crippen molar-refractivity contribution in [2.24, 2.45) is 0 Å². The molecule has 0 radical (unpaired) electrons. The first-order valence-corrected chi connectivity index (χ1v) is 12.7. The second-order valence-electron chi connectivity index (χ2n) is 9.96. The van der Waals surface area contributed by atoms with E-state index in [9.17, 15) is 0 Å². The van der Waals surface area contributed by atoms with E-state index in [1.165, 1.54) is 48.9 Å². The van der Waals surface area contributed by atoms with Crippen LogP contribution < -0.4 is 4.90 Å². The fourth-order valence-electron chi connectivity index (χ4n) is 5.47. The van der Waals surface area contributed by atoms with Gasteiger partial charge in [-0.2, -0.15) is 0 Å². The molecule has 3 aromatic rings. The Balaban J connectivity index is 1.39. The highest BCUT2D eigenvalue weighted by Gasteiger charge is 2.32. The minimum atomic E-state index is 0.0759. The number of rotatable bonds is 7. The molecule has 0 amide bonds. The molecule has 2 aliphatic rings. The zero-order valence-corrected chi connectivity index (χ0v) is 20.6. The van der Waals surface area contributed by atoms with Crippen LogP contribution in [0.4, 0.5) is 5.69 Å². The summed E-state index contributed by atoms with van der Waals surface area (Å²) < 4.78 is 2.15. The summed E-state index contributed by atoms with van der Waals surface area (Å²) in [6.45, 7) is 5.12. The summed E-state index contributed by atoms with van der Waals surface area (Å²) in [6, 6.07) is 20.2. The maximum absolute atomic E-state index is 4.62. The van der Waals surface area contributed by atoms with Gasteiger partial charge in [0.05, 0.1) is 12.1 Å². The molecule has 2 heterocycles. The number of nitrogens with zero attached hydrogens (tertiary/aromatic N) is 7. The molecule has 0 spiro atoms. The summed E-state index contributed by atoms with van der Waals surface area (Å²) in [6.07, 6.45) is 6.21. The van der Waals surface area contributed by atoms with Crippen LogP contribution in [0.15, 0.2) is 54.6 Å². The average molecular weight is 460 g/mol. The van der Waals surface area contributed by atoms with Crippen LogP contribution in [-0.4, -0.2) is 70.3 Å². The standard InChI is InChI=1S/C27H37N7/c1-31(2)24-15-13-23(14-16-24)26(27-28-29-30-34(27)25-11-7-4-8-12-25)33-19-17-32(18-20-33)21-22-9-5-3-6-10-22/h3,5-6,9-10,13-16,25-26H,4,7-8,11-12,17-21H2,1-2H3. The molecule has 1 unspecified atom stereocenters. The molecular weight excluding hydrogens is 422 g/mol. The number of benzene rings is 2. The minimum absolute atomic E-state index is 0.0759. The molecular formula is C27H37N7. The summed E-state index contributed by atoms with van der Waals surface area (Å²) in [5.41, 5.74) is 3.86. The quantitative estimate of drug-likeness (QED) is 0.529. The molecule has 7 nitrogen and oxygen atoms in total. The van der Waals surface area contributed by atoms with Crippen molar-refractivity contribution in [1.29, 1.82) is 0 Å². The van der Waals surface area contributed by atoms with Crippen molar-refractivity contribution in [1.82, 2.24) is 30.0 Å². The Kier molecular flexibility index (Phi) is 7.21. The van der Waals surface area contributed by atoms with E-state index in [1.54, 1.807) is 0 Å². The monoisotopic (exact) mass is 459 g/mol. The molecule has 180 valence electrons. The molecule has 7 heteroatoms. The lowest BCUT2D eigenvalue weighted by molar-refractivity contribution is 0.0986. The van der Waals surface area contributed by atoms with E-state index in [-0.39, 0.29) is 6.04 Å². The average Bonchev–Trinajstić information content (AvgIpc) is 3.36. The Morgan fingerprint density at radius 3 is 2.26 bits per heavy atom. The van der Waals surface area contributed by atoms with Crippen molar-refractivity contribution < 1.29 is 0 Å². The summed E-state index contributed by atoms with van der Waals surface area (Å²) in [7, 11) is 4.17. The lowest BCUT2D eigenvalue weighted by Crippen LogP contribution is -2.48. The molecule has 1 saturated carbocycles. The van der Waals surface area contributed by atoms with Crippen LogP contribution in [0.1, 0.15) is 61.1 Å². The van der Waals surface area contributed by atoms with Gasteiger partial charge in [-0.05, 0) is 46.5 Å². The van der Waals surface area contributed by atoms with Crippen molar-refractivity contribution in [3.63, 3.8) is 0 Å². The van der Waals surface area contributed by atoms with Crippen LogP contribution in [0.25, 0.3) is 0 Å². The van der Waals surface area contributed by atoms with Crippen LogP contribution in [0, 0.1) is 0 Å². The van der Waals surface area contributed by atoms with E-state index in [1.807, 2.05) is 0 Å². The van der Waals surface area contributed by atoms with Crippen LogP contribution >= 0.6 is 0 Å². The molecule has 5 rings (SSSR count). The van der Waals surface area contributed by atoms with Gasteiger partial charge < -0.3 is 4.90 Å². The Morgan fingerprint density at radius 1 is 0.882 bits per heavy atom. The summed E-state index contributed by atoms with van der Waals surface area (Å²) in [4.78, 5) is 7.28. The first kappa shape index (κ1) is 23.0. The molecule has 1 aliphatic carbocycles. The highest BCUT2D eigenvalue weighted by Crippen LogP contribution is 2.34. The van der Waals surface area contributed by atoms with E-state index >= 15 is 0 Å². The zero-order chi connectivity index (χ0) is 23.3. The zero-order valence-electron chi connectivity index (χ0n) is 20.6. The number of tetrazole rings is 1. The number of anilines is 1. The molecule has 1 aromatic heterocycles. The third kappa shape index (κ3) is 5.15. The van der Waals surface area contributed by atoms with E-state index in [4.69, 9.17) is 0 Å². The van der Waals surface area contributed by atoms with Gasteiger partial charge in [-0.1, -0.05) is 61.7 Å². The van der Waals surface area contributed by atoms with E-state index in [0.717, 1.165) is 38.5 Å². The van der Waals surface area contributed by atoms with Crippen LogP contribution in [0.3, 0.4) is 0 Å². The van der Waals surface area contributed by atoms with Crippen molar-refractivity contribution in [2.45, 2.75) is 50.7 Å². The van der Waals surface area contributed by atoms with Gasteiger partial charge in [-0.15, -0.1) is 5.10 Å². The molecule has 34 heavy (non-hydrogen) atoms. The lowest BCUT2D eigenvalue weighted by atomic mass is 9.95. The Bertz CT molecular complexity index is 1020. The predicted octanol–water partition coefficient (Wildman–Crippen LogP) is 4.15. The van der Waals surface area contributed by atoms with Gasteiger partial charge in [-0.25, -0.2) is 4.68 Å². The fourth-order valence-corrected chi connectivity index (χ4v) is 5.47. The van der Waals surface area contributed by atoms with Crippen LogP contribution in [-0.2, 0) is 6.54 Å². The fraction of sp³-hybridized carbons (Fsp3) is 0.519. The second kappa shape index (κ2) is 10.7. The van der Waals surface area contributed by atoms with Crippen LogP contribution in [0.5, 0.6) is 0 Å². The van der Waals surface area contributed by atoms with Crippen molar-refractivity contribution >= 4 is 5.69 Å². The molecule has 2 fully saturated rings. The highest BCUT2D eigenvalue weighted by molar-refractivity contribution is 5.47. The van der Waals surface area contributed by atoms with E-state index in [2.05, 4.69) is 104 Å². The highest BCUT2D eigenvalue weighted by atomic mass is 15.6. The predicted molar refractivity (Wildman–Crippen MR) is 136 cm³/mol. The molecule has 1 saturated heterocycles. The van der Waals surface area contributed by atoms with Gasteiger partial charge in [-0.3, -0.25) is 9.80 Å². The van der Waals surface area contributed by atoms with Crippen molar-refractivity contribution in [3.8, 4) is 0 Å². The molecule has 0 N–H and O–H groups in total. The SMILES string of the molecule is CN(C)c1ccc(C(c2nnnn2C2CCCCC2)N2CCN(Cc3ccccc3)CC2)cc1. The van der Waals surface area contributed by atoms with Crippen molar-refractivity contribution in [3.05, 3.63) is 71.5 Å². The summed E-state index contributed by atoms with van der Waals surface area (Å²) >= 11 is 0. The van der Waals surface area contributed by atoms with Gasteiger partial charge >= 0.3 is 0 Å². The lowest BCUT2D eigenvalue weighted by Gasteiger charge is -2.39. The smallest absolute Gasteiger partial charge is 0.173 e. The second-order valence-corrected chi connectivity index (χ2v) is 9.96. The Morgan fingerprint density at radius 2 is 1.59 bits per heavy atom. The number of hydrogen-bond acceptors (Lipinski definition) is 6. The molecule has 0 bridgehead atoms. The molecule has 2 aromatic carbocycles. The molecule has 1 atom stereocenters. The third-order valence-electron chi connectivity index (χ3n) is 7.43. The number of piperazine rings is 1. The van der Waals surface area contributed by atoms with E-state index in [0.29, 0.717) is 6.04 Å². The normalized spacial score (nSPS) is 19.2. The number of hydrogen-bond donors (Lipinski definition) is 0.